The van der Waals surface area contributed by atoms with Crippen molar-refractivity contribution in [3.05, 3.63) is 99.5 Å². The lowest BCUT2D eigenvalue weighted by Gasteiger charge is -2.38. The van der Waals surface area contributed by atoms with Gasteiger partial charge >= 0.3 is 0 Å². The van der Waals surface area contributed by atoms with Crippen LogP contribution in [0, 0.1) is 17.1 Å². The third-order valence-corrected chi connectivity index (χ3v) is 8.35. The highest BCUT2D eigenvalue weighted by molar-refractivity contribution is 7.96. The smallest absolute Gasteiger partial charge is 0.265 e. The van der Waals surface area contributed by atoms with Gasteiger partial charge in [0, 0.05) is 11.1 Å². The van der Waals surface area contributed by atoms with E-state index in [0.717, 1.165) is 4.31 Å². The third kappa shape index (κ3) is 3.77. The van der Waals surface area contributed by atoms with Crippen LogP contribution in [0.5, 0.6) is 17.2 Å². The van der Waals surface area contributed by atoms with Crippen molar-refractivity contribution >= 4 is 21.5 Å². The van der Waals surface area contributed by atoms with Crippen molar-refractivity contribution in [2.24, 2.45) is 5.73 Å². The summed E-state index contributed by atoms with van der Waals surface area (Å²) in [5.74, 6) is -2.41. The van der Waals surface area contributed by atoms with Crippen molar-refractivity contribution in [3.63, 3.8) is 0 Å². The summed E-state index contributed by atoms with van der Waals surface area (Å²) >= 11 is 0. The molecule has 0 spiro atoms. The van der Waals surface area contributed by atoms with Crippen molar-refractivity contribution in [2.45, 2.75) is 12.5 Å². The normalized spacial score (nSPS) is 17.7. The monoisotopic (exact) mass is 535 g/mol. The van der Waals surface area contributed by atoms with Crippen LogP contribution in [0.15, 0.2) is 77.0 Å². The summed E-state index contributed by atoms with van der Waals surface area (Å²) in [4.78, 5) is -0.256. The number of nitrogens with two attached hydrogens (primary N) is 1. The van der Waals surface area contributed by atoms with E-state index >= 15 is 0 Å². The first kappa shape index (κ1) is 25.0. The van der Waals surface area contributed by atoms with E-state index in [1.54, 1.807) is 30.3 Å². The Balaban J connectivity index is 1.80. The zero-order valence-corrected chi connectivity index (χ0v) is 21.1. The number of benzene rings is 3. The van der Waals surface area contributed by atoms with Crippen molar-refractivity contribution in [2.75, 3.05) is 18.5 Å². The molecule has 3 N–H and O–H groups in total. The molecule has 0 radical (unpaired) electrons. The number of hydrogen-bond donors (Lipinski definition) is 2. The second kappa shape index (κ2) is 9.32. The molecule has 3 aromatic carbocycles. The van der Waals surface area contributed by atoms with Crippen molar-refractivity contribution in [3.8, 4) is 23.3 Å². The Bertz CT molecular complexity index is 1650. The maximum absolute atomic E-state index is 14.6. The molecule has 2 aliphatic heterocycles. The number of halogens is 1. The fourth-order valence-electron chi connectivity index (χ4n) is 4.67. The summed E-state index contributed by atoms with van der Waals surface area (Å²) in [6.07, 6.45) is 0. The number of phenolic OH excluding ortho intramolecular Hbond substituents is 1. The molecule has 194 valence electrons. The van der Waals surface area contributed by atoms with Gasteiger partial charge in [-0.05, 0) is 35.9 Å². The fourth-order valence-corrected chi connectivity index (χ4v) is 6.58. The Morgan fingerprint density at radius 3 is 2.37 bits per heavy atom. The molecule has 1 unspecified atom stereocenters. The molecule has 0 aromatic heterocycles. The van der Waals surface area contributed by atoms with Gasteiger partial charge in [0.05, 0.1) is 32.4 Å². The minimum absolute atomic E-state index is 0.000623. The molecule has 0 bridgehead atoms. The first-order valence-corrected chi connectivity index (χ1v) is 12.8. The zero-order valence-electron chi connectivity index (χ0n) is 20.3. The molecule has 3 aromatic rings. The number of ether oxygens (including phenoxy) is 3. The average molecular weight is 536 g/mol. The van der Waals surface area contributed by atoms with Gasteiger partial charge in [-0.3, -0.25) is 4.31 Å². The highest BCUT2D eigenvalue weighted by Crippen LogP contribution is 2.53. The van der Waals surface area contributed by atoms with Crippen LogP contribution in [0.4, 0.5) is 10.1 Å². The summed E-state index contributed by atoms with van der Waals surface area (Å²) in [6.45, 7) is -0.307. The van der Waals surface area contributed by atoms with Crippen LogP contribution in [0.25, 0.3) is 5.76 Å². The Hall–Kier alpha value is -4.69. The van der Waals surface area contributed by atoms with E-state index in [2.05, 4.69) is 0 Å². The van der Waals surface area contributed by atoms with Gasteiger partial charge in [-0.1, -0.05) is 30.3 Å². The van der Waals surface area contributed by atoms with E-state index in [1.807, 2.05) is 6.07 Å². The lowest BCUT2D eigenvalue weighted by Crippen LogP contribution is -2.39. The van der Waals surface area contributed by atoms with E-state index < -0.39 is 21.8 Å². The SMILES string of the molecule is COc1cc(C2C(C#N)=C(N)OC3=C2S(=O)(=O)N(Cc2ccccc2F)c2ccccc23)cc(OC)c1O. The highest BCUT2D eigenvalue weighted by Gasteiger charge is 2.47. The van der Waals surface area contributed by atoms with E-state index in [4.69, 9.17) is 19.9 Å². The van der Waals surface area contributed by atoms with Crippen molar-refractivity contribution < 1.29 is 32.1 Å². The van der Waals surface area contributed by atoms with Gasteiger partial charge in [0.25, 0.3) is 10.0 Å². The van der Waals surface area contributed by atoms with Crippen LogP contribution in [-0.2, 0) is 21.3 Å². The summed E-state index contributed by atoms with van der Waals surface area (Å²) in [5, 5.41) is 20.5. The van der Waals surface area contributed by atoms with Gasteiger partial charge in [-0.2, -0.15) is 5.26 Å². The number of para-hydroxylation sites is 1. The summed E-state index contributed by atoms with van der Waals surface area (Å²) in [6, 6.07) is 17.3. The number of nitriles is 1. The van der Waals surface area contributed by atoms with Crippen LogP contribution in [-0.4, -0.2) is 27.7 Å². The Morgan fingerprint density at radius 1 is 1.11 bits per heavy atom. The third-order valence-electron chi connectivity index (χ3n) is 6.47. The van der Waals surface area contributed by atoms with Gasteiger partial charge in [-0.15, -0.1) is 0 Å². The van der Waals surface area contributed by atoms with Crippen LogP contribution in [0.3, 0.4) is 0 Å². The largest absolute Gasteiger partial charge is 0.502 e. The van der Waals surface area contributed by atoms with E-state index in [1.165, 1.54) is 44.6 Å². The molecule has 38 heavy (non-hydrogen) atoms. The van der Waals surface area contributed by atoms with E-state index in [0.29, 0.717) is 5.56 Å². The van der Waals surface area contributed by atoms with Crippen LogP contribution in [0.1, 0.15) is 22.6 Å². The maximum Gasteiger partial charge on any atom is 0.265 e. The number of hydrogen-bond acceptors (Lipinski definition) is 8. The number of sulfonamides is 1. The maximum atomic E-state index is 14.6. The minimum Gasteiger partial charge on any atom is -0.502 e. The molecule has 0 saturated heterocycles. The van der Waals surface area contributed by atoms with Gasteiger partial charge in [0.2, 0.25) is 11.6 Å². The average Bonchev–Trinajstić information content (AvgIpc) is 2.91. The lowest BCUT2D eigenvalue weighted by molar-refractivity contribution is 0.338. The first-order valence-electron chi connectivity index (χ1n) is 11.3. The Morgan fingerprint density at radius 2 is 1.74 bits per heavy atom. The number of allylic oxidation sites excluding steroid dienone is 2. The second-order valence-corrected chi connectivity index (χ2v) is 10.3. The van der Waals surface area contributed by atoms with E-state index in [-0.39, 0.29) is 62.7 Å². The molecular weight excluding hydrogens is 513 g/mol. The standard InChI is InChI=1S/C27H22FN3O6S/c1-35-21-11-16(12-22(36-2)24(21)32)23-18(13-29)27(30)37-25-17-8-4-6-10-20(17)31(38(33,34)26(23)25)14-15-7-3-5-9-19(15)28/h3-12,23,32H,14,30H2,1-2H3. The number of rotatable bonds is 5. The molecule has 2 aliphatic rings. The molecule has 0 fully saturated rings. The lowest BCUT2D eigenvalue weighted by atomic mass is 9.87. The number of nitrogens with zero attached hydrogens (tertiary/aromatic N) is 2. The Labute approximate surface area is 218 Å². The van der Waals surface area contributed by atoms with Crippen molar-refractivity contribution in [1.29, 1.82) is 5.26 Å². The van der Waals surface area contributed by atoms with Crippen LogP contribution < -0.4 is 19.5 Å². The summed E-state index contributed by atoms with van der Waals surface area (Å²) in [7, 11) is -1.78. The molecule has 0 aliphatic carbocycles. The molecule has 11 heteroatoms. The second-order valence-electron chi connectivity index (χ2n) is 8.51. The molecule has 5 rings (SSSR count). The fraction of sp³-hybridized carbons (Fsp3) is 0.148. The van der Waals surface area contributed by atoms with Gasteiger partial charge in [0.15, 0.2) is 17.3 Å². The molecule has 0 saturated carbocycles. The number of fused-ring (bicyclic) bond motifs is 2. The van der Waals surface area contributed by atoms with Gasteiger partial charge < -0.3 is 25.1 Å². The molecule has 0 amide bonds. The van der Waals surface area contributed by atoms with Crippen LogP contribution in [0.2, 0.25) is 0 Å². The van der Waals surface area contributed by atoms with E-state index in [9.17, 15) is 23.2 Å². The molecule has 2 heterocycles. The molecule has 1 atom stereocenters. The van der Waals surface area contributed by atoms with Gasteiger partial charge in [0.1, 0.15) is 22.4 Å². The first-order chi connectivity index (χ1) is 18.2. The topological polar surface area (TPSA) is 135 Å². The zero-order chi connectivity index (χ0) is 27.2. The predicted molar refractivity (Wildman–Crippen MR) is 137 cm³/mol. The quantitative estimate of drug-likeness (QED) is 0.499. The number of aromatic hydroxyl groups is 1. The Kier molecular flexibility index (Phi) is 6.12. The van der Waals surface area contributed by atoms with Crippen molar-refractivity contribution in [1.82, 2.24) is 0 Å². The molecular formula is C27H22FN3O6S. The summed E-state index contributed by atoms with van der Waals surface area (Å²) in [5.41, 5.74) is 7.06. The minimum atomic E-state index is -4.43. The predicted octanol–water partition coefficient (Wildman–Crippen LogP) is 4.07. The number of phenols is 1. The summed E-state index contributed by atoms with van der Waals surface area (Å²) < 4.78 is 60.7. The van der Waals surface area contributed by atoms with Gasteiger partial charge in [-0.25, -0.2) is 12.8 Å². The highest BCUT2D eigenvalue weighted by atomic mass is 32.2. The molecule has 9 nitrogen and oxygen atoms in total. The number of methoxy groups -OCH3 is 2. The van der Waals surface area contributed by atoms with Crippen LogP contribution >= 0.6 is 0 Å². The number of anilines is 1.